The van der Waals surface area contributed by atoms with E-state index in [2.05, 4.69) is 10.6 Å². The number of hydrogen-bond donors (Lipinski definition) is 2. The third-order valence-corrected chi connectivity index (χ3v) is 3.72. The Morgan fingerprint density at radius 2 is 2.04 bits per heavy atom. The topological polar surface area (TPSA) is 80.6 Å². The Kier molecular flexibility index (Phi) is 4.61. The zero-order valence-electron chi connectivity index (χ0n) is 12.5. The van der Waals surface area contributed by atoms with Gasteiger partial charge in [-0.05, 0) is 30.7 Å². The molecule has 1 aliphatic heterocycles. The second kappa shape index (κ2) is 7.00. The van der Waals surface area contributed by atoms with Gasteiger partial charge in [-0.15, -0.1) is 0 Å². The fourth-order valence-corrected chi connectivity index (χ4v) is 2.48. The molecule has 1 aromatic carbocycles. The number of β-lactam (4-membered cyclic amide) rings is 1. The van der Waals surface area contributed by atoms with E-state index in [0.29, 0.717) is 18.6 Å². The van der Waals surface area contributed by atoms with Gasteiger partial charge in [-0.2, -0.15) is 0 Å². The molecule has 120 valence electrons. The van der Waals surface area contributed by atoms with E-state index in [1.54, 1.807) is 18.4 Å². The number of benzene rings is 1. The molecule has 1 saturated heterocycles. The molecular weight excluding hydrogens is 296 g/mol. The molecule has 2 heterocycles. The van der Waals surface area contributed by atoms with Crippen molar-refractivity contribution in [2.24, 2.45) is 0 Å². The summed E-state index contributed by atoms with van der Waals surface area (Å²) in [7, 11) is 0. The molecule has 0 bridgehead atoms. The van der Waals surface area contributed by atoms with Crippen molar-refractivity contribution in [2.45, 2.75) is 24.9 Å². The molecular formula is C17H18N2O4. The average Bonchev–Trinajstić information content (AvgIpc) is 3.09. The van der Waals surface area contributed by atoms with Crippen LogP contribution in [0.25, 0.3) is 0 Å². The van der Waals surface area contributed by atoms with Gasteiger partial charge >= 0.3 is 0 Å². The number of ether oxygens (including phenoxy) is 1. The van der Waals surface area contributed by atoms with Crippen LogP contribution in [0.15, 0.2) is 53.1 Å². The highest BCUT2D eigenvalue weighted by Crippen LogP contribution is 2.14. The Labute approximate surface area is 133 Å². The van der Waals surface area contributed by atoms with E-state index >= 15 is 0 Å². The van der Waals surface area contributed by atoms with E-state index in [0.717, 1.165) is 5.76 Å². The summed E-state index contributed by atoms with van der Waals surface area (Å²) < 4.78 is 10.6. The quantitative estimate of drug-likeness (QED) is 0.754. The molecule has 0 aliphatic carbocycles. The molecule has 2 aromatic rings. The molecule has 23 heavy (non-hydrogen) atoms. The first-order valence-electron chi connectivity index (χ1n) is 7.52. The number of hydrogen-bond acceptors (Lipinski definition) is 4. The molecule has 1 aromatic heterocycles. The van der Waals surface area contributed by atoms with Gasteiger partial charge in [0.1, 0.15) is 17.6 Å². The summed E-state index contributed by atoms with van der Waals surface area (Å²) >= 11 is 0. The average molecular weight is 314 g/mol. The molecule has 2 atom stereocenters. The van der Waals surface area contributed by atoms with Crippen molar-refractivity contribution in [2.75, 3.05) is 6.61 Å². The molecule has 2 amide bonds. The fraction of sp³-hybridized carbons (Fsp3) is 0.294. The van der Waals surface area contributed by atoms with Crippen LogP contribution in [0.2, 0.25) is 0 Å². The third kappa shape index (κ3) is 3.91. The van der Waals surface area contributed by atoms with Gasteiger partial charge in [0.15, 0.2) is 6.61 Å². The van der Waals surface area contributed by atoms with Crippen LogP contribution in [-0.2, 0) is 16.0 Å². The molecule has 6 heteroatoms. The smallest absolute Gasteiger partial charge is 0.258 e. The maximum absolute atomic E-state index is 11.9. The van der Waals surface area contributed by atoms with Gasteiger partial charge < -0.3 is 19.8 Å². The SMILES string of the molecule is O=C(COc1ccccc1)N[C@@H]1C(=O)N[C@@H]1CCc1ccco1. The lowest BCUT2D eigenvalue weighted by Crippen LogP contribution is -2.69. The number of para-hydroxylation sites is 1. The normalized spacial score (nSPS) is 19.6. The largest absolute Gasteiger partial charge is 0.484 e. The Balaban J connectivity index is 1.44. The third-order valence-electron chi connectivity index (χ3n) is 3.72. The zero-order chi connectivity index (χ0) is 16.1. The summed E-state index contributed by atoms with van der Waals surface area (Å²) in [5.74, 6) is 1.01. The van der Waals surface area contributed by atoms with Crippen LogP contribution in [0.1, 0.15) is 12.2 Å². The Hall–Kier alpha value is -2.76. The lowest BCUT2D eigenvalue weighted by Gasteiger charge is -2.37. The van der Waals surface area contributed by atoms with Crippen molar-refractivity contribution in [3.8, 4) is 5.75 Å². The number of amides is 2. The van der Waals surface area contributed by atoms with Crippen molar-refractivity contribution in [1.29, 1.82) is 0 Å². The maximum atomic E-state index is 11.9. The second-order valence-corrected chi connectivity index (χ2v) is 5.38. The number of aryl methyl sites for hydroxylation is 1. The predicted molar refractivity (Wildman–Crippen MR) is 82.8 cm³/mol. The van der Waals surface area contributed by atoms with E-state index in [9.17, 15) is 9.59 Å². The summed E-state index contributed by atoms with van der Waals surface area (Å²) in [6.45, 7) is -0.112. The number of carbonyl (C=O) groups excluding carboxylic acids is 2. The molecule has 0 radical (unpaired) electrons. The van der Waals surface area contributed by atoms with Crippen LogP contribution in [0.3, 0.4) is 0 Å². The number of furan rings is 1. The second-order valence-electron chi connectivity index (χ2n) is 5.38. The lowest BCUT2D eigenvalue weighted by molar-refractivity contribution is -0.137. The summed E-state index contributed by atoms with van der Waals surface area (Å²) in [5, 5.41) is 5.51. The summed E-state index contributed by atoms with van der Waals surface area (Å²) in [6, 6.07) is 12.2. The van der Waals surface area contributed by atoms with Gasteiger partial charge in [-0.25, -0.2) is 0 Å². The van der Waals surface area contributed by atoms with Crippen molar-refractivity contribution >= 4 is 11.8 Å². The number of rotatable bonds is 7. The predicted octanol–water partition coefficient (Wildman–Crippen LogP) is 1.27. The van der Waals surface area contributed by atoms with Gasteiger partial charge in [-0.1, -0.05) is 18.2 Å². The summed E-state index contributed by atoms with van der Waals surface area (Å²) in [4.78, 5) is 23.5. The molecule has 0 unspecified atom stereocenters. The molecule has 1 aliphatic rings. The molecule has 2 N–H and O–H groups in total. The van der Waals surface area contributed by atoms with Crippen LogP contribution in [0.4, 0.5) is 0 Å². The van der Waals surface area contributed by atoms with Crippen LogP contribution in [0, 0.1) is 0 Å². The van der Waals surface area contributed by atoms with Gasteiger partial charge in [0.05, 0.1) is 12.3 Å². The first kappa shape index (κ1) is 15.1. The highest BCUT2D eigenvalue weighted by molar-refractivity contribution is 5.93. The molecule has 3 rings (SSSR count). The highest BCUT2D eigenvalue weighted by atomic mass is 16.5. The van der Waals surface area contributed by atoms with E-state index < -0.39 is 6.04 Å². The van der Waals surface area contributed by atoms with Gasteiger partial charge in [0, 0.05) is 6.42 Å². The van der Waals surface area contributed by atoms with Gasteiger partial charge in [-0.3, -0.25) is 9.59 Å². The Bertz CT molecular complexity index is 654. The zero-order valence-corrected chi connectivity index (χ0v) is 12.5. The van der Waals surface area contributed by atoms with E-state index in [1.165, 1.54) is 0 Å². The Morgan fingerprint density at radius 3 is 2.74 bits per heavy atom. The van der Waals surface area contributed by atoms with Crippen molar-refractivity contribution in [1.82, 2.24) is 10.6 Å². The van der Waals surface area contributed by atoms with Gasteiger partial charge in [0.2, 0.25) is 5.91 Å². The van der Waals surface area contributed by atoms with Crippen molar-refractivity contribution < 1.29 is 18.7 Å². The van der Waals surface area contributed by atoms with Crippen LogP contribution in [0.5, 0.6) is 5.75 Å². The van der Waals surface area contributed by atoms with Crippen LogP contribution < -0.4 is 15.4 Å². The lowest BCUT2D eigenvalue weighted by atomic mass is 9.94. The maximum Gasteiger partial charge on any atom is 0.258 e. The highest BCUT2D eigenvalue weighted by Gasteiger charge is 2.39. The monoisotopic (exact) mass is 314 g/mol. The molecule has 6 nitrogen and oxygen atoms in total. The van der Waals surface area contributed by atoms with Crippen molar-refractivity contribution in [3.05, 3.63) is 54.5 Å². The standard InChI is InChI=1S/C17H18N2O4/c20-15(11-23-12-5-2-1-3-6-12)19-16-14(18-17(16)21)9-8-13-7-4-10-22-13/h1-7,10,14,16H,8-9,11H2,(H,18,21)(H,19,20)/t14-,16+/m1/s1. The number of nitrogens with one attached hydrogen (secondary N) is 2. The number of carbonyl (C=O) groups is 2. The minimum absolute atomic E-state index is 0.0757. The fourth-order valence-electron chi connectivity index (χ4n) is 2.48. The minimum atomic E-state index is -0.503. The summed E-state index contributed by atoms with van der Waals surface area (Å²) in [6.07, 6.45) is 3.05. The molecule has 1 fully saturated rings. The van der Waals surface area contributed by atoms with Crippen LogP contribution in [-0.4, -0.2) is 30.5 Å². The first-order chi connectivity index (χ1) is 11.2. The molecule has 0 saturated carbocycles. The van der Waals surface area contributed by atoms with Gasteiger partial charge in [0.25, 0.3) is 5.91 Å². The van der Waals surface area contributed by atoms with E-state index in [1.807, 2.05) is 30.3 Å². The minimum Gasteiger partial charge on any atom is -0.484 e. The first-order valence-corrected chi connectivity index (χ1v) is 7.52. The van der Waals surface area contributed by atoms with Crippen LogP contribution >= 0.6 is 0 Å². The van der Waals surface area contributed by atoms with Crippen molar-refractivity contribution in [3.63, 3.8) is 0 Å². The Morgan fingerprint density at radius 1 is 1.22 bits per heavy atom. The summed E-state index contributed by atoms with van der Waals surface area (Å²) in [5.41, 5.74) is 0. The van der Waals surface area contributed by atoms with E-state index in [4.69, 9.17) is 9.15 Å². The van der Waals surface area contributed by atoms with E-state index in [-0.39, 0.29) is 24.5 Å². The molecule has 0 spiro atoms.